The Hall–Kier alpha value is -2.70. The Kier molecular flexibility index (Phi) is 4.22. The molecule has 0 heterocycles. The number of amides is 1. The molecule has 0 saturated heterocycles. The van der Waals surface area contributed by atoms with E-state index in [1.165, 1.54) is 33.0 Å². The molecule has 3 aromatic rings. The molecule has 3 aromatic carbocycles. The second-order valence-corrected chi connectivity index (χ2v) is 9.84. The fraction of sp³-hybridized carbons (Fsp3) is 0.261. The van der Waals surface area contributed by atoms with Crippen molar-refractivity contribution in [2.24, 2.45) is 0 Å². The van der Waals surface area contributed by atoms with Crippen molar-refractivity contribution in [1.29, 1.82) is 0 Å². The highest BCUT2D eigenvalue weighted by molar-refractivity contribution is 7.89. The van der Waals surface area contributed by atoms with E-state index >= 15 is 0 Å². The molecule has 148 valence electrons. The van der Waals surface area contributed by atoms with Crippen molar-refractivity contribution < 1.29 is 13.2 Å². The van der Waals surface area contributed by atoms with E-state index in [1.807, 2.05) is 18.2 Å². The summed E-state index contributed by atoms with van der Waals surface area (Å²) < 4.78 is 26.7. The van der Waals surface area contributed by atoms with Gasteiger partial charge in [0.1, 0.15) is 0 Å². The quantitative estimate of drug-likeness (QED) is 0.697. The van der Waals surface area contributed by atoms with Crippen LogP contribution in [0.4, 0.5) is 5.69 Å². The minimum atomic E-state index is -3.51. The van der Waals surface area contributed by atoms with E-state index in [9.17, 15) is 13.2 Å². The third kappa shape index (κ3) is 3.12. The SMILES string of the molecule is CN(C1CC1)S(=O)(=O)c1ccc(C(=O)Nc2ccc3c4c(cccc24)CC3)cc1. The number of carbonyl (C=O) groups is 1. The standard InChI is InChI=1S/C23H22N2O3S/c1-25(18-10-11-18)29(27,28)19-12-7-17(8-13-19)23(26)24-21-14-9-16-6-5-15-3-2-4-20(21)22(15)16/h2-4,7-9,12-14,18H,5-6,10-11H2,1H3,(H,24,26). The number of benzene rings is 3. The minimum Gasteiger partial charge on any atom is -0.321 e. The van der Waals surface area contributed by atoms with Gasteiger partial charge in [0, 0.05) is 29.7 Å². The van der Waals surface area contributed by atoms with Crippen LogP contribution < -0.4 is 5.32 Å². The number of hydrogen-bond donors (Lipinski definition) is 1. The number of nitrogens with one attached hydrogen (secondary N) is 1. The maximum absolute atomic E-state index is 12.8. The molecule has 5 nitrogen and oxygen atoms in total. The Bertz CT molecular complexity index is 1220. The van der Waals surface area contributed by atoms with Crippen LogP contribution >= 0.6 is 0 Å². The first-order valence-corrected chi connectivity index (χ1v) is 11.3. The molecule has 2 aliphatic carbocycles. The van der Waals surface area contributed by atoms with Crippen LogP contribution in [0.5, 0.6) is 0 Å². The van der Waals surface area contributed by atoms with Crippen LogP contribution in [0.15, 0.2) is 59.5 Å². The monoisotopic (exact) mass is 406 g/mol. The third-order valence-corrected chi connectivity index (χ3v) is 7.90. The molecule has 0 spiro atoms. The molecule has 5 rings (SSSR count). The van der Waals surface area contributed by atoms with Gasteiger partial charge in [-0.25, -0.2) is 8.42 Å². The van der Waals surface area contributed by atoms with E-state index in [0.717, 1.165) is 36.8 Å². The van der Waals surface area contributed by atoms with E-state index in [2.05, 4.69) is 17.4 Å². The van der Waals surface area contributed by atoms with E-state index in [-0.39, 0.29) is 16.8 Å². The Morgan fingerprint density at radius 2 is 1.66 bits per heavy atom. The summed E-state index contributed by atoms with van der Waals surface area (Å²) in [7, 11) is -1.89. The molecule has 0 aliphatic heterocycles. The van der Waals surface area contributed by atoms with Gasteiger partial charge in [0.25, 0.3) is 5.91 Å². The van der Waals surface area contributed by atoms with Crippen molar-refractivity contribution >= 4 is 32.4 Å². The molecule has 0 unspecified atom stereocenters. The molecule has 0 atom stereocenters. The first-order chi connectivity index (χ1) is 13.9. The predicted octanol–water partition coefficient (Wildman–Crippen LogP) is 3.97. The highest BCUT2D eigenvalue weighted by Crippen LogP contribution is 2.35. The Morgan fingerprint density at radius 3 is 2.34 bits per heavy atom. The fourth-order valence-electron chi connectivity index (χ4n) is 4.13. The van der Waals surface area contributed by atoms with Crippen molar-refractivity contribution in [3.63, 3.8) is 0 Å². The van der Waals surface area contributed by atoms with Gasteiger partial charge in [-0.3, -0.25) is 4.79 Å². The lowest BCUT2D eigenvalue weighted by molar-refractivity contribution is 0.102. The van der Waals surface area contributed by atoms with Crippen LogP contribution in [-0.4, -0.2) is 31.7 Å². The summed E-state index contributed by atoms with van der Waals surface area (Å²) >= 11 is 0. The Morgan fingerprint density at radius 1 is 0.966 bits per heavy atom. The average Bonchev–Trinajstić information content (AvgIpc) is 3.50. The van der Waals surface area contributed by atoms with Crippen molar-refractivity contribution in [2.75, 3.05) is 12.4 Å². The predicted molar refractivity (Wildman–Crippen MR) is 114 cm³/mol. The van der Waals surface area contributed by atoms with Gasteiger partial charge in [0.05, 0.1) is 4.90 Å². The molecule has 6 heteroatoms. The number of carbonyl (C=O) groups excluding carboxylic acids is 1. The topological polar surface area (TPSA) is 66.5 Å². The zero-order chi connectivity index (χ0) is 20.2. The normalized spacial score (nSPS) is 15.8. The minimum absolute atomic E-state index is 0.103. The molecule has 1 amide bonds. The van der Waals surface area contributed by atoms with Gasteiger partial charge in [-0.1, -0.05) is 24.3 Å². The molecule has 0 radical (unpaired) electrons. The second kappa shape index (κ2) is 6.68. The van der Waals surface area contributed by atoms with E-state index in [1.54, 1.807) is 19.2 Å². The van der Waals surface area contributed by atoms with Crippen LogP contribution in [0.1, 0.15) is 34.3 Å². The summed E-state index contributed by atoms with van der Waals surface area (Å²) in [5, 5.41) is 5.29. The largest absolute Gasteiger partial charge is 0.321 e. The zero-order valence-electron chi connectivity index (χ0n) is 16.2. The summed E-state index contributed by atoms with van der Waals surface area (Å²) in [6.07, 6.45) is 3.89. The van der Waals surface area contributed by atoms with Crippen LogP contribution in [0.25, 0.3) is 10.8 Å². The van der Waals surface area contributed by atoms with Gasteiger partial charge in [0.2, 0.25) is 10.0 Å². The van der Waals surface area contributed by atoms with Crippen LogP contribution in [-0.2, 0) is 22.9 Å². The van der Waals surface area contributed by atoms with E-state index in [0.29, 0.717) is 5.56 Å². The molecule has 0 bridgehead atoms. The summed E-state index contributed by atoms with van der Waals surface area (Å²) in [6, 6.07) is 16.5. The maximum atomic E-state index is 12.8. The zero-order valence-corrected chi connectivity index (χ0v) is 17.0. The van der Waals surface area contributed by atoms with Gasteiger partial charge in [-0.05, 0) is 72.5 Å². The van der Waals surface area contributed by atoms with Crippen LogP contribution in [0.2, 0.25) is 0 Å². The lowest BCUT2D eigenvalue weighted by atomic mass is 10.0. The highest BCUT2D eigenvalue weighted by Gasteiger charge is 2.35. The fourth-order valence-corrected chi connectivity index (χ4v) is 5.55. The first kappa shape index (κ1) is 18.3. The van der Waals surface area contributed by atoms with Gasteiger partial charge in [0.15, 0.2) is 0 Å². The molecule has 1 N–H and O–H groups in total. The van der Waals surface area contributed by atoms with Crippen LogP contribution in [0.3, 0.4) is 0 Å². The van der Waals surface area contributed by atoms with Crippen molar-refractivity contribution in [3.05, 3.63) is 71.3 Å². The third-order valence-electron chi connectivity index (χ3n) is 5.98. The molecular formula is C23H22N2O3S. The lowest BCUT2D eigenvalue weighted by Crippen LogP contribution is -2.29. The van der Waals surface area contributed by atoms with Crippen molar-refractivity contribution in [2.45, 2.75) is 36.6 Å². The smallest absolute Gasteiger partial charge is 0.255 e. The number of sulfonamides is 1. The van der Waals surface area contributed by atoms with Crippen molar-refractivity contribution in [1.82, 2.24) is 4.31 Å². The molecular weight excluding hydrogens is 384 g/mol. The molecule has 2 aliphatic rings. The number of hydrogen-bond acceptors (Lipinski definition) is 3. The lowest BCUT2D eigenvalue weighted by Gasteiger charge is -2.16. The molecule has 1 saturated carbocycles. The first-order valence-electron chi connectivity index (χ1n) is 9.88. The summed E-state index contributed by atoms with van der Waals surface area (Å²) in [6.45, 7) is 0. The summed E-state index contributed by atoms with van der Waals surface area (Å²) in [5.74, 6) is -0.247. The molecule has 1 fully saturated rings. The van der Waals surface area contributed by atoms with Gasteiger partial charge in [-0.15, -0.1) is 0 Å². The average molecular weight is 407 g/mol. The van der Waals surface area contributed by atoms with Gasteiger partial charge >= 0.3 is 0 Å². The Balaban J connectivity index is 1.40. The number of anilines is 1. The van der Waals surface area contributed by atoms with Crippen LogP contribution in [0, 0.1) is 0 Å². The summed E-state index contributed by atoms with van der Waals surface area (Å²) in [5.41, 5.74) is 3.86. The van der Waals surface area contributed by atoms with E-state index < -0.39 is 10.0 Å². The highest BCUT2D eigenvalue weighted by atomic mass is 32.2. The Labute approximate surface area is 170 Å². The van der Waals surface area contributed by atoms with Gasteiger partial charge < -0.3 is 5.32 Å². The van der Waals surface area contributed by atoms with Crippen molar-refractivity contribution in [3.8, 4) is 0 Å². The van der Waals surface area contributed by atoms with Gasteiger partial charge in [-0.2, -0.15) is 4.31 Å². The second-order valence-electron chi connectivity index (χ2n) is 7.84. The number of aryl methyl sites for hydroxylation is 2. The number of nitrogens with zero attached hydrogens (tertiary/aromatic N) is 1. The van der Waals surface area contributed by atoms with E-state index in [4.69, 9.17) is 0 Å². The molecule has 0 aromatic heterocycles. The molecule has 29 heavy (non-hydrogen) atoms. The summed E-state index contributed by atoms with van der Waals surface area (Å²) in [4.78, 5) is 13.0. The number of rotatable bonds is 5. The maximum Gasteiger partial charge on any atom is 0.255 e.